The maximum Gasteiger partial charge on any atom is 0.145 e. The van der Waals surface area contributed by atoms with E-state index in [2.05, 4.69) is 70.2 Å². The summed E-state index contributed by atoms with van der Waals surface area (Å²) in [6, 6.07) is 11.4. The summed E-state index contributed by atoms with van der Waals surface area (Å²) in [4.78, 5) is 9.13. The average molecular weight is 362 g/mol. The Hall–Kier alpha value is -2.40. The second-order valence-corrected chi connectivity index (χ2v) is 8.35. The highest BCUT2D eigenvalue weighted by molar-refractivity contribution is 5.87. The molecule has 5 heteroatoms. The molecule has 5 nitrogen and oxygen atoms in total. The molecule has 1 aromatic carbocycles. The van der Waals surface area contributed by atoms with Gasteiger partial charge in [-0.2, -0.15) is 0 Å². The zero-order valence-electron chi connectivity index (χ0n) is 15.8. The number of hydrogen-bond donors (Lipinski definition) is 2. The van der Waals surface area contributed by atoms with Gasteiger partial charge in [0.15, 0.2) is 0 Å². The first-order valence-electron chi connectivity index (χ1n) is 9.95. The van der Waals surface area contributed by atoms with E-state index >= 15 is 0 Å². The first kappa shape index (κ1) is 16.8. The number of hydrogen-bond acceptors (Lipinski definition) is 4. The minimum Gasteiger partial charge on any atom is -0.393 e. The van der Waals surface area contributed by atoms with Gasteiger partial charge in [0.25, 0.3) is 0 Å². The molecule has 27 heavy (non-hydrogen) atoms. The molecule has 0 aliphatic heterocycles. The minimum absolute atomic E-state index is 0.220. The van der Waals surface area contributed by atoms with Crippen LogP contribution in [0.4, 0.5) is 5.82 Å². The lowest BCUT2D eigenvalue weighted by Crippen LogP contribution is -2.15. The average Bonchev–Trinajstić information content (AvgIpc) is 3.32. The summed E-state index contributed by atoms with van der Waals surface area (Å²) in [5.74, 6) is 1.77. The molecule has 5 atom stereocenters. The Kier molecular flexibility index (Phi) is 3.93. The van der Waals surface area contributed by atoms with E-state index in [1.807, 2.05) is 0 Å². The number of nitrogens with one attached hydrogen (secondary N) is 1. The predicted molar refractivity (Wildman–Crippen MR) is 107 cm³/mol. The number of rotatable bonds is 3. The van der Waals surface area contributed by atoms with Gasteiger partial charge in [-0.25, -0.2) is 9.97 Å². The molecule has 2 heterocycles. The van der Waals surface area contributed by atoms with Crippen LogP contribution in [-0.4, -0.2) is 25.7 Å². The van der Waals surface area contributed by atoms with E-state index < -0.39 is 0 Å². The molecular formula is C22H26N4O. The standard InChI is InChI=1S/C22H26N4O/c1-13-10-16(11-19(13)27)26-8-7-18-21(23-12-24-22(18)26)25-20-14(2)9-15-5-3-4-6-17(15)20/h3-8,12-14,16,19-20,27H,9-11H2,1-2H3,(H,23,24,25)/t13-,14-,16+,19-,20-/m0/s1. The molecule has 2 aliphatic carbocycles. The highest BCUT2D eigenvalue weighted by Crippen LogP contribution is 2.40. The number of anilines is 1. The van der Waals surface area contributed by atoms with Crippen LogP contribution in [0, 0.1) is 11.8 Å². The van der Waals surface area contributed by atoms with Crippen LogP contribution >= 0.6 is 0 Å². The van der Waals surface area contributed by atoms with Crippen LogP contribution in [0.5, 0.6) is 0 Å². The van der Waals surface area contributed by atoms with E-state index in [0.717, 1.165) is 36.1 Å². The van der Waals surface area contributed by atoms with E-state index in [4.69, 9.17) is 0 Å². The zero-order chi connectivity index (χ0) is 18.5. The van der Waals surface area contributed by atoms with Gasteiger partial charge in [0, 0.05) is 12.2 Å². The van der Waals surface area contributed by atoms with Crippen molar-refractivity contribution in [2.45, 2.75) is 51.3 Å². The molecule has 0 saturated heterocycles. The van der Waals surface area contributed by atoms with Crippen LogP contribution in [0.15, 0.2) is 42.9 Å². The molecule has 3 aromatic rings. The highest BCUT2D eigenvalue weighted by atomic mass is 16.3. The summed E-state index contributed by atoms with van der Waals surface area (Å²) in [6.07, 6.45) is 6.42. The maximum absolute atomic E-state index is 10.1. The summed E-state index contributed by atoms with van der Waals surface area (Å²) in [5, 5.41) is 14.9. The van der Waals surface area contributed by atoms with Gasteiger partial charge in [0.05, 0.1) is 17.5 Å². The first-order valence-corrected chi connectivity index (χ1v) is 9.95. The molecule has 1 saturated carbocycles. The van der Waals surface area contributed by atoms with Crippen molar-refractivity contribution < 1.29 is 5.11 Å². The number of aromatic nitrogens is 3. The summed E-state index contributed by atoms with van der Waals surface area (Å²) >= 11 is 0. The molecular weight excluding hydrogens is 336 g/mol. The van der Waals surface area contributed by atoms with Crippen molar-refractivity contribution in [2.75, 3.05) is 5.32 Å². The van der Waals surface area contributed by atoms with Crippen molar-refractivity contribution >= 4 is 16.9 Å². The fourth-order valence-corrected chi connectivity index (χ4v) is 4.96. The molecule has 0 radical (unpaired) electrons. The quantitative estimate of drug-likeness (QED) is 0.736. The van der Waals surface area contributed by atoms with Gasteiger partial charge in [-0.15, -0.1) is 0 Å². The lowest BCUT2D eigenvalue weighted by Gasteiger charge is -2.20. The number of nitrogens with zero attached hydrogens (tertiary/aromatic N) is 3. The van der Waals surface area contributed by atoms with Gasteiger partial charge in [0.1, 0.15) is 17.8 Å². The van der Waals surface area contributed by atoms with E-state index in [1.54, 1.807) is 6.33 Å². The molecule has 2 aliphatic rings. The van der Waals surface area contributed by atoms with Crippen LogP contribution in [0.1, 0.15) is 49.9 Å². The normalized spacial score (nSPS) is 30.0. The van der Waals surface area contributed by atoms with E-state index in [9.17, 15) is 5.11 Å². The minimum atomic E-state index is -0.220. The number of aliphatic hydroxyl groups is 1. The lowest BCUT2D eigenvalue weighted by atomic mass is 10.0. The SMILES string of the molecule is C[C@H]1Cc2ccccc2[C@H]1Nc1ncnc2c1ccn2[C@@H]1C[C@H](C)[C@@H](O)C1. The van der Waals surface area contributed by atoms with Crippen molar-refractivity contribution in [2.24, 2.45) is 11.8 Å². The third-order valence-corrected chi connectivity index (χ3v) is 6.51. The Morgan fingerprint density at radius 3 is 2.74 bits per heavy atom. The van der Waals surface area contributed by atoms with Crippen LogP contribution in [0.2, 0.25) is 0 Å². The molecule has 0 unspecified atom stereocenters. The Morgan fingerprint density at radius 1 is 1.07 bits per heavy atom. The summed E-state index contributed by atoms with van der Waals surface area (Å²) < 4.78 is 2.22. The third kappa shape index (κ3) is 2.72. The predicted octanol–water partition coefficient (Wildman–Crippen LogP) is 4.11. The molecule has 2 aromatic heterocycles. The summed E-state index contributed by atoms with van der Waals surface area (Å²) in [6.45, 7) is 4.42. The maximum atomic E-state index is 10.1. The van der Waals surface area contributed by atoms with Crippen LogP contribution in [-0.2, 0) is 6.42 Å². The van der Waals surface area contributed by atoms with Crippen molar-refractivity contribution in [3.05, 3.63) is 54.0 Å². The van der Waals surface area contributed by atoms with Crippen molar-refractivity contribution in [1.29, 1.82) is 0 Å². The van der Waals surface area contributed by atoms with Gasteiger partial charge in [-0.3, -0.25) is 0 Å². The van der Waals surface area contributed by atoms with Gasteiger partial charge in [0.2, 0.25) is 0 Å². The van der Waals surface area contributed by atoms with E-state index in [0.29, 0.717) is 17.9 Å². The lowest BCUT2D eigenvalue weighted by molar-refractivity contribution is 0.139. The number of benzene rings is 1. The van der Waals surface area contributed by atoms with E-state index in [1.165, 1.54) is 11.1 Å². The van der Waals surface area contributed by atoms with Crippen molar-refractivity contribution in [1.82, 2.24) is 14.5 Å². The molecule has 0 amide bonds. The molecule has 2 N–H and O–H groups in total. The topological polar surface area (TPSA) is 63.0 Å². The molecule has 0 spiro atoms. The smallest absolute Gasteiger partial charge is 0.145 e. The van der Waals surface area contributed by atoms with Crippen LogP contribution < -0.4 is 5.32 Å². The summed E-state index contributed by atoms with van der Waals surface area (Å²) in [5.41, 5.74) is 3.76. The number of fused-ring (bicyclic) bond motifs is 2. The fourth-order valence-electron chi connectivity index (χ4n) is 4.96. The van der Waals surface area contributed by atoms with Crippen LogP contribution in [0.3, 0.4) is 0 Å². The molecule has 5 rings (SSSR count). The monoisotopic (exact) mass is 362 g/mol. The van der Waals surface area contributed by atoms with Gasteiger partial charge in [-0.1, -0.05) is 38.1 Å². The number of aliphatic hydroxyl groups excluding tert-OH is 1. The Labute approximate surface area is 159 Å². The van der Waals surface area contributed by atoms with Gasteiger partial charge in [-0.05, 0) is 48.3 Å². The van der Waals surface area contributed by atoms with Gasteiger partial charge < -0.3 is 15.0 Å². The molecule has 0 bridgehead atoms. The molecule has 1 fully saturated rings. The van der Waals surface area contributed by atoms with E-state index in [-0.39, 0.29) is 12.1 Å². The fraction of sp³-hybridized carbons (Fsp3) is 0.455. The highest BCUT2D eigenvalue weighted by Gasteiger charge is 2.32. The second kappa shape index (κ2) is 6.34. The second-order valence-electron chi connectivity index (χ2n) is 8.35. The largest absolute Gasteiger partial charge is 0.393 e. The first-order chi connectivity index (χ1) is 13.1. The summed E-state index contributed by atoms with van der Waals surface area (Å²) in [7, 11) is 0. The molecule has 140 valence electrons. The zero-order valence-corrected chi connectivity index (χ0v) is 15.8. The van der Waals surface area contributed by atoms with Crippen LogP contribution in [0.25, 0.3) is 11.0 Å². The van der Waals surface area contributed by atoms with Gasteiger partial charge >= 0.3 is 0 Å². The third-order valence-electron chi connectivity index (χ3n) is 6.51. The van der Waals surface area contributed by atoms with Crippen molar-refractivity contribution in [3.63, 3.8) is 0 Å². The Balaban J connectivity index is 1.49. The Bertz CT molecular complexity index is 971. The Morgan fingerprint density at radius 2 is 1.93 bits per heavy atom. The van der Waals surface area contributed by atoms with Crippen molar-refractivity contribution in [3.8, 4) is 0 Å².